The van der Waals surface area contributed by atoms with Gasteiger partial charge < -0.3 is 4.98 Å². The maximum Gasteiger partial charge on any atom is 0.0150 e. The van der Waals surface area contributed by atoms with Crippen molar-refractivity contribution in [3.05, 3.63) is 23.0 Å². The zero-order valence-corrected chi connectivity index (χ0v) is 5.70. The second kappa shape index (κ2) is 1.63. The molecular weight excluding hydrogens is 110 g/mol. The summed E-state index contributed by atoms with van der Waals surface area (Å²) in [7, 11) is 0. The third-order valence-corrected chi connectivity index (χ3v) is 2.18. The van der Waals surface area contributed by atoms with Crippen LogP contribution in [0.25, 0.3) is 0 Å². The first-order valence-electron chi connectivity index (χ1n) is 3.53. The number of rotatable bonds is 0. The molecule has 0 fully saturated rings. The molecule has 0 radical (unpaired) electrons. The normalized spacial score (nSPS) is 16.1. The maximum atomic E-state index is 3.24. The summed E-state index contributed by atoms with van der Waals surface area (Å²) in [5.41, 5.74) is 4.50. The summed E-state index contributed by atoms with van der Waals surface area (Å²) in [5.74, 6) is 0. The van der Waals surface area contributed by atoms with Crippen LogP contribution in [0, 0.1) is 6.92 Å². The van der Waals surface area contributed by atoms with E-state index in [2.05, 4.69) is 18.1 Å². The standard InChI is InChI=1S/C8H11N/c1-6-8-4-2-3-7(8)5-9-6/h5,9H,2-4H2,1H3. The smallest absolute Gasteiger partial charge is 0.0150 e. The van der Waals surface area contributed by atoms with Crippen molar-refractivity contribution in [2.24, 2.45) is 0 Å². The second-order valence-corrected chi connectivity index (χ2v) is 2.77. The predicted octanol–water partition coefficient (Wildman–Crippen LogP) is 1.81. The molecule has 2 rings (SSSR count). The lowest BCUT2D eigenvalue weighted by Crippen LogP contribution is -1.78. The van der Waals surface area contributed by atoms with Gasteiger partial charge in [0, 0.05) is 11.9 Å². The van der Waals surface area contributed by atoms with Crippen molar-refractivity contribution in [1.82, 2.24) is 4.98 Å². The molecule has 1 aromatic rings. The van der Waals surface area contributed by atoms with E-state index in [0.29, 0.717) is 0 Å². The largest absolute Gasteiger partial charge is 0.365 e. The monoisotopic (exact) mass is 121 g/mol. The fraction of sp³-hybridized carbons (Fsp3) is 0.500. The molecule has 9 heavy (non-hydrogen) atoms. The van der Waals surface area contributed by atoms with Crippen molar-refractivity contribution in [3.8, 4) is 0 Å². The lowest BCUT2D eigenvalue weighted by molar-refractivity contribution is 0.895. The van der Waals surface area contributed by atoms with E-state index in [4.69, 9.17) is 0 Å². The van der Waals surface area contributed by atoms with Crippen LogP contribution in [-0.2, 0) is 12.8 Å². The average molecular weight is 121 g/mol. The second-order valence-electron chi connectivity index (χ2n) is 2.77. The van der Waals surface area contributed by atoms with Crippen LogP contribution in [-0.4, -0.2) is 4.98 Å². The van der Waals surface area contributed by atoms with Crippen molar-refractivity contribution >= 4 is 0 Å². The first-order chi connectivity index (χ1) is 4.38. The minimum absolute atomic E-state index is 1.29. The van der Waals surface area contributed by atoms with Crippen molar-refractivity contribution in [2.75, 3.05) is 0 Å². The number of aryl methyl sites for hydroxylation is 2. The molecule has 0 aromatic carbocycles. The van der Waals surface area contributed by atoms with Gasteiger partial charge in [0.2, 0.25) is 0 Å². The van der Waals surface area contributed by atoms with Crippen LogP contribution < -0.4 is 0 Å². The number of aromatic nitrogens is 1. The Morgan fingerprint density at radius 2 is 2.33 bits per heavy atom. The lowest BCUT2D eigenvalue weighted by atomic mass is 10.2. The first kappa shape index (κ1) is 5.10. The van der Waals surface area contributed by atoms with Gasteiger partial charge in [-0.2, -0.15) is 0 Å². The molecule has 0 saturated carbocycles. The molecule has 0 atom stereocenters. The summed E-state index contributed by atoms with van der Waals surface area (Å²) in [5, 5.41) is 0. The molecule has 48 valence electrons. The van der Waals surface area contributed by atoms with Crippen LogP contribution in [0.15, 0.2) is 6.20 Å². The Labute approximate surface area is 55.1 Å². The Bertz CT molecular complexity index is 222. The molecule has 0 bridgehead atoms. The minimum Gasteiger partial charge on any atom is -0.365 e. The molecule has 0 spiro atoms. The predicted molar refractivity (Wildman–Crippen MR) is 37.6 cm³/mol. The molecule has 0 saturated heterocycles. The zero-order valence-electron chi connectivity index (χ0n) is 5.70. The molecule has 0 amide bonds. The highest BCUT2D eigenvalue weighted by atomic mass is 14.7. The van der Waals surface area contributed by atoms with Gasteiger partial charge in [-0.15, -0.1) is 0 Å². The Morgan fingerprint density at radius 3 is 3.11 bits per heavy atom. The van der Waals surface area contributed by atoms with Crippen LogP contribution in [0.4, 0.5) is 0 Å². The summed E-state index contributed by atoms with van der Waals surface area (Å²) in [4.78, 5) is 3.24. The molecule has 1 N–H and O–H groups in total. The van der Waals surface area contributed by atoms with Gasteiger partial charge in [-0.3, -0.25) is 0 Å². The Morgan fingerprint density at radius 1 is 1.44 bits per heavy atom. The maximum absolute atomic E-state index is 3.24. The molecule has 1 aromatic heterocycles. The zero-order chi connectivity index (χ0) is 6.27. The van der Waals surface area contributed by atoms with E-state index in [-0.39, 0.29) is 0 Å². The van der Waals surface area contributed by atoms with Gasteiger partial charge in [0.05, 0.1) is 0 Å². The topological polar surface area (TPSA) is 15.8 Å². The molecule has 1 heterocycles. The van der Waals surface area contributed by atoms with Crippen LogP contribution >= 0.6 is 0 Å². The van der Waals surface area contributed by atoms with Crippen molar-refractivity contribution in [1.29, 1.82) is 0 Å². The average Bonchev–Trinajstić information content (AvgIpc) is 2.35. The van der Waals surface area contributed by atoms with E-state index >= 15 is 0 Å². The summed E-state index contributed by atoms with van der Waals surface area (Å²) >= 11 is 0. The van der Waals surface area contributed by atoms with E-state index in [9.17, 15) is 0 Å². The molecule has 1 nitrogen and oxygen atoms in total. The third-order valence-electron chi connectivity index (χ3n) is 2.18. The fourth-order valence-corrected chi connectivity index (χ4v) is 1.64. The Kier molecular flexibility index (Phi) is 0.922. The van der Waals surface area contributed by atoms with Gasteiger partial charge in [-0.05, 0) is 37.3 Å². The van der Waals surface area contributed by atoms with Gasteiger partial charge in [0.1, 0.15) is 0 Å². The highest BCUT2D eigenvalue weighted by molar-refractivity contribution is 5.33. The van der Waals surface area contributed by atoms with Gasteiger partial charge >= 0.3 is 0 Å². The van der Waals surface area contributed by atoms with Gasteiger partial charge in [-0.25, -0.2) is 0 Å². The van der Waals surface area contributed by atoms with Crippen LogP contribution in [0.3, 0.4) is 0 Å². The fourth-order valence-electron chi connectivity index (χ4n) is 1.64. The van der Waals surface area contributed by atoms with Crippen molar-refractivity contribution in [2.45, 2.75) is 26.2 Å². The van der Waals surface area contributed by atoms with Crippen molar-refractivity contribution in [3.63, 3.8) is 0 Å². The van der Waals surface area contributed by atoms with E-state index in [1.54, 1.807) is 11.1 Å². The number of hydrogen-bond donors (Lipinski definition) is 1. The Balaban J connectivity index is 2.56. The summed E-state index contributed by atoms with van der Waals surface area (Å²) in [6.07, 6.45) is 6.10. The number of hydrogen-bond acceptors (Lipinski definition) is 0. The van der Waals surface area contributed by atoms with Crippen molar-refractivity contribution < 1.29 is 0 Å². The van der Waals surface area contributed by atoms with E-state index in [0.717, 1.165) is 0 Å². The van der Waals surface area contributed by atoms with E-state index in [1.807, 2.05) is 0 Å². The lowest BCUT2D eigenvalue weighted by Gasteiger charge is -1.88. The van der Waals surface area contributed by atoms with Crippen LogP contribution in [0.2, 0.25) is 0 Å². The van der Waals surface area contributed by atoms with E-state index in [1.165, 1.54) is 25.0 Å². The highest BCUT2D eigenvalue weighted by Gasteiger charge is 2.12. The van der Waals surface area contributed by atoms with E-state index < -0.39 is 0 Å². The minimum atomic E-state index is 1.29. The first-order valence-corrected chi connectivity index (χ1v) is 3.53. The number of fused-ring (bicyclic) bond motifs is 1. The summed E-state index contributed by atoms with van der Waals surface area (Å²) < 4.78 is 0. The van der Waals surface area contributed by atoms with Gasteiger partial charge in [-0.1, -0.05) is 0 Å². The molecule has 1 aliphatic rings. The van der Waals surface area contributed by atoms with Gasteiger partial charge in [0.25, 0.3) is 0 Å². The molecule has 1 aliphatic carbocycles. The van der Waals surface area contributed by atoms with Crippen LogP contribution in [0.5, 0.6) is 0 Å². The molecule has 1 heteroatoms. The Hall–Kier alpha value is -0.720. The molecule has 0 unspecified atom stereocenters. The third kappa shape index (κ3) is 0.607. The SMILES string of the molecule is Cc1[nH]cc2c1CCC2. The highest BCUT2D eigenvalue weighted by Crippen LogP contribution is 2.23. The van der Waals surface area contributed by atoms with Crippen LogP contribution in [0.1, 0.15) is 23.2 Å². The number of aromatic amines is 1. The molecule has 0 aliphatic heterocycles. The summed E-state index contributed by atoms with van der Waals surface area (Å²) in [6, 6.07) is 0. The summed E-state index contributed by atoms with van der Waals surface area (Å²) in [6.45, 7) is 2.16. The molecular formula is C8H11N. The quantitative estimate of drug-likeness (QED) is 0.538. The number of H-pyrrole nitrogens is 1. The van der Waals surface area contributed by atoms with Gasteiger partial charge in [0.15, 0.2) is 0 Å². The number of nitrogens with one attached hydrogen (secondary N) is 1.